The van der Waals surface area contributed by atoms with Crippen molar-refractivity contribution in [2.24, 2.45) is 5.10 Å². The van der Waals surface area contributed by atoms with Crippen molar-refractivity contribution in [3.63, 3.8) is 0 Å². The highest BCUT2D eigenvalue weighted by atomic mass is 32.2. The monoisotopic (exact) mass is 527 g/mol. The smallest absolute Gasteiger partial charge is 0.352 e. The largest absolute Gasteiger partial charge is 0.422 e. The Hall–Kier alpha value is -4.77. The van der Waals surface area contributed by atoms with E-state index in [2.05, 4.69) is 21.8 Å². The van der Waals surface area contributed by atoms with Gasteiger partial charge in [0.1, 0.15) is 16.9 Å². The van der Waals surface area contributed by atoms with Crippen molar-refractivity contribution in [2.75, 3.05) is 18.0 Å². The summed E-state index contributed by atoms with van der Waals surface area (Å²) in [4.78, 5) is 35.6. The minimum Gasteiger partial charge on any atom is -0.422 e. The molecule has 3 rings (SSSR count). The number of fused-ring (bicyclic) bond motifs is 1. The number of nitrogens with one attached hydrogen (secondary N) is 1. The van der Waals surface area contributed by atoms with Gasteiger partial charge in [-0.2, -0.15) is 18.4 Å². The molecular weight excluding hydrogens is 506 g/mol. The fraction of sp³-hybridized carbons (Fsp3) is 0.217. The molecule has 0 aliphatic heterocycles. The van der Waals surface area contributed by atoms with Crippen LogP contribution >= 0.6 is 0 Å². The molecule has 0 unspecified atom stereocenters. The first-order valence-corrected chi connectivity index (χ1v) is 12.3. The second kappa shape index (κ2) is 10.9. The molecule has 0 aliphatic rings. The molecule has 0 amide bonds. The van der Waals surface area contributed by atoms with Gasteiger partial charge in [-0.3, -0.25) is 20.2 Å². The average Bonchev–Trinajstić information content (AvgIpc) is 2.86. The normalized spacial score (nSPS) is 11.5. The van der Waals surface area contributed by atoms with Crippen LogP contribution in [0.4, 0.5) is 17.1 Å². The zero-order valence-corrected chi connectivity index (χ0v) is 20.7. The standard InChI is InChI=1S/C23H21N5O8S/c1-4-26(5-2)18-9-8-16-12-17(23(29)36-21(16)14-18)7-6-15(3)24-25-37(34,35)22-11-10-19(27(30)31)13-20(22)28(32)33/h8-14,25H,4-5H2,1-3H3/b24-15+. The average molecular weight is 528 g/mol. The predicted octanol–water partition coefficient (Wildman–Crippen LogP) is 3.16. The van der Waals surface area contributed by atoms with Gasteiger partial charge < -0.3 is 9.32 Å². The molecule has 0 radical (unpaired) electrons. The lowest BCUT2D eigenvalue weighted by Gasteiger charge is -2.20. The van der Waals surface area contributed by atoms with Crippen molar-refractivity contribution in [3.05, 3.63) is 78.7 Å². The topological polar surface area (TPSA) is 178 Å². The molecule has 0 fully saturated rings. The number of sulfonamides is 1. The zero-order valence-electron chi connectivity index (χ0n) is 19.9. The number of hydrazone groups is 1. The van der Waals surface area contributed by atoms with E-state index >= 15 is 0 Å². The van der Waals surface area contributed by atoms with Crippen molar-refractivity contribution in [2.45, 2.75) is 25.7 Å². The number of benzene rings is 2. The second-order valence-electron chi connectivity index (χ2n) is 7.55. The molecule has 1 aromatic heterocycles. The van der Waals surface area contributed by atoms with Crippen LogP contribution in [0.2, 0.25) is 0 Å². The van der Waals surface area contributed by atoms with Crippen LogP contribution < -0.4 is 15.4 Å². The molecular formula is C23H21N5O8S. The summed E-state index contributed by atoms with van der Waals surface area (Å²) in [6.07, 6.45) is 0. The van der Waals surface area contributed by atoms with Crippen molar-refractivity contribution < 1.29 is 22.7 Å². The Balaban J connectivity index is 1.87. The van der Waals surface area contributed by atoms with Gasteiger partial charge >= 0.3 is 5.63 Å². The van der Waals surface area contributed by atoms with E-state index in [9.17, 15) is 33.4 Å². The van der Waals surface area contributed by atoms with E-state index in [1.54, 1.807) is 17.0 Å². The van der Waals surface area contributed by atoms with Gasteiger partial charge in [-0.15, -0.1) is 0 Å². The molecule has 0 bridgehead atoms. The number of non-ortho nitro benzene ring substituents is 1. The maximum atomic E-state index is 12.5. The molecule has 2 aromatic carbocycles. The van der Waals surface area contributed by atoms with Gasteiger partial charge in [0.15, 0.2) is 4.90 Å². The van der Waals surface area contributed by atoms with E-state index in [-0.39, 0.29) is 11.3 Å². The molecule has 0 saturated heterocycles. The highest BCUT2D eigenvalue weighted by Gasteiger charge is 2.28. The molecule has 13 nitrogen and oxygen atoms in total. The molecule has 37 heavy (non-hydrogen) atoms. The molecule has 14 heteroatoms. The van der Waals surface area contributed by atoms with Crippen LogP contribution in [0.3, 0.4) is 0 Å². The summed E-state index contributed by atoms with van der Waals surface area (Å²) in [6, 6.07) is 9.09. The summed E-state index contributed by atoms with van der Waals surface area (Å²) in [6.45, 7) is 6.95. The maximum absolute atomic E-state index is 12.5. The van der Waals surface area contributed by atoms with Crippen LogP contribution in [-0.4, -0.2) is 37.1 Å². The van der Waals surface area contributed by atoms with E-state index < -0.39 is 41.8 Å². The van der Waals surface area contributed by atoms with Gasteiger partial charge in [0.2, 0.25) is 0 Å². The molecule has 0 saturated carbocycles. The third-order valence-corrected chi connectivity index (χ3v) is 6.46. The van der Waals surface area contributed by atoms with E-state index in [1.807, 2.05) is 19.9 Å². The summed E-state index contributed by atoms with van der Waals surface area (Å²) >= 11 is 0. The minimum absolute atomic E-state index is 0.0199. The molecule has 1 N–H and O–H groups in total. The van der Waals surface area contributed by atoms with Gasteiger partial charge in [0.25, 0.3) is 21.4 Å². The first-order chi connectivity index (χ1) is 17.5. The molecule has 0 aliphatic carbocycles. The number of hydrogen-bond donors (Lipinski definition) is 1. The molecule has 0 atom stereocenters. The van der Waals surface area contributed by atoms with E-state index in [4.69, 9.17) is 4.42 Å². The van der Waals surface area contributed by atoms with Crippen LogP contribution in [0.1, 0.15) is 26.3 Å². The highest BCUT2D eigenvalue weighted by molar-refractivity contribution is 7.89. The summed E-state index contributed by atoms with van der Waals surface area (Å²) in [7, 11) is -4.56. The van der Waals surface area contributed by atoms with E-state index in [1.165, 1.54) is 13.0 Å². The number of nitrogens with zero attached hydrogens (tertiary/aromatic N) is 4. The van der Waals surface area contributed by atoms with E-state index in [0.29, 0.717) is 17.0 Å². The van der Waals surface area contributed by atoms with Crippen LogP contribution in [0, 0.1) is 32.1 Å². The van der Waals surface area contributed by atoms with Crippen LogP contribution in [0.25, 0.3) is 11.0 Å². The number of anilines is 1. The number of nitro benzene ring substituents is 2. The van der Waals surface area contributed by atoms with Crippen molar-refractivity contribution in [3.8, 4) is 11.8 Å². The second-order valence-corrected chi connectivity index (χ2v) is 9.18. The fourth-order valence-electron chi connectivity index (χ4n) is 3.33. The SMILES string of the molecule is CCN(CC)c1ccc2cc(C#C/C(C)=N/NS(=O)(=O)c3ccc([N+](=O)[O-])cc3[N+](=O)[O-])c(=O)oc2c1. The Kier molecular flexibility index (Phi) is 7.88. The number of rotatable bonds is 8. The van der Waals surface area contributed by atoms with Crippen LogP contribution in [-0.2, 0) is 10.0 Å². The fourth-order valence-corrected chi connectivity index (χ4v) is 4.34. The van der Waals surface area contributed by atoms with Crippen LogP contribution in [0.5, 0.6) is 0 Å². The maximum Gasteiger partial charge on any atom is 0.352 e. The minimum atomic E-state index is -4.56. The first-order valence-electron chi connectivity index (χ1n) is 10.8. The Bertz CT molecular complexity index is 1650. The van der Waals surface area contributed by atoms with Crippen molar-refractivity contribution in [1.82, 2.24) is 4.83 Å². The number of nitro groups is 2. The van der Waals surface area contributed by atoms with Gasteiger partial charge in [-0.25, -0.2) is 4.79 Å². The lowest BCUT2D eigenvalue weighted by atomic mass is 10.1. The van der Waals surface area contributed by atoms with Crippen molar-refractivity contribution >= 4 is 43.8 Å². The third-order valence-electron chi connectivity index (χ3n) is 5.20. The predicted molar refractivity (Wildman–Crippen MR) is 136 cm³/mol. The molecule has 1 heterocycles. The summed E-state index contributed by atoms with van der Waals surface area (Å²) in [5, 5.41) is 26.3. The Labute approximate surface area is 210 Å². The lowest BCUT2D eigenvalue weighted by Crippen LogP contribution is -2.21. The summed E-state index contributed by atoms with van der Waals surface area (Å²) in [5.74, 6) is 5.09. The number of hydrogen-bond acceptors (Lipinski definition) is 10. The Morgan fingerprint density at radius 1 is 1.08 bits per heavy atom. The van der Waals surface area contributed by atoms with Gasteiger partial charge in [0, 0.05) is 36.3 Å². The Morgan fingerprint density at radius 2 is 1.78 bits per heavy atom. The van der Waals surface area contributed by atoms with E-state index in [0.717, 1.165) is 30.9 Å². The third kappa shape index (κ3) is 6.08. The van der Waals surface area contributed by atoms with Gasteiger partial charge in [0.05, 0.1) is 15.9 Å². The zero-order chi connectivity index (χ0) is 27.3. The van der Waals surface area contributed by atoms with Crippen LogP contribution in [0.15, 0.2) is 61.7 Å². The highest BCUT2D eigenvalue weighted by Crippen LogP contribution is 2.28. The first kappa shape index (κ1) is 26.8. The van der Waals surface area contributed by atoms with Crippen molar-refractivity contribution in [1.29, 1.82) is 0 Å². The Morgan fingerprint density at radius 3 is 2.41 bits per heavy atom. The molecule has 0 spiro atoms. The lowest BCUT2D eigenvalue weighted by molar-refractivity contribution is -0.396. The van der Waals surface area contributed by atoms with Gasteiger partial charge in [-0.1, -0.05) is 5.92 Å². The molecule has 3 aromatic rings. The van der Waals surface area contributed by atoms with Gasteiger partial charge in [-0.05, 0) is 51.0 Å². The summed E-state index contributed by atoms with van der Waals surface area (Å²) < 4.78 is 30.4. The summed E-state index contributed by atoms with van der Waals surface area (Å²) in [5.41, 5.74) is -1.07. The molecule has 192 valence electrons. The quantitative estimate of drug-likeness (QED) is 0.151.